The Morgan fingerprint density at radius 2 is 1.73 bits per heavy atom. The van der Waals surface area contributed by atoms with Crippen LogP contribution in [0.1, 0.15) is 21.7 Å². The van der Waals surface area contributed by atoms with Crippen LogP contribution in [0, 0.1) is 6.92 Å². The SMILES string of the molecule is Cc1ccc(-n2nnnc2C(=CN(C)C)C(=O)c2ccc(Br)cc2)cc1. The molecule has 2 aromatic carbocycles. The summed E-state index contributed by atoms with van der Waals surface area (Å²) in [5.74, 6) is 0.254. The molecule has 0 amide bonds. The smallest absolute Gasteiger partial charge is 0.198 e. The van der Waals surface area contributed by atoms with E-state index in [9.17, 15) is 4.79 Å². The number of ketones is 1. The summed E-state index contributed by atoms with van der Waals surface area (Å²) in [7, 11) is 3.71. The van der Waals surface area contributed by atoms with Crippen molar-refractivity contribution >= 4 is 27.3 Å². The molecule has 26 heavy (non-hydrogen) atoms. The molecule has 0 aliphatic rings. The van der Waals surface area contributed by atoms with Crippen molar-refractivity contribution in [2.24, 2.45) is 0 Å². The molecule has 0 N–H and O–H groups in total. The number of aromatic nitrogens is 4. The number of hydrogen-bond donors (Lipinski definition) is 0. The lowest BCUT2D eigenvalue weighted by atomic mass is 10.0. The Hall–Kier alpha value is -2.80. The molecule has 0 saturated heterocycles. The van der Waals surface area contributed by atoms with Crippen LogP contribution in [0.25, 0.3) is 11.3 Å². The first kappa shape index (κ1) is 18.0. The molecular weight excluding hydrogens is 394 g/mol. The number of carbonyl (C=O) groups excluding carboxylic acids is 1. The molecule has 132 valence electrons. The zero-order chi connectivity index (χ0) is 18.7. The van der Waals surface area contributed by atoms with E-state index >= 15 is 0 Å². The quantitative estimate of drug-likeness (QED) is 0.474. The van der Waals surface area contributed by atoms with Gasteiger partial charge in [0.15, 0.2) is 11.6 Å². The van der Waals surface area contributed by atoms with Crippen LogP contribution in [0.3, 0.4) is 0 Å². The molecule has 1 heterocycles. The fraction of sp³-hybridized carbons (Fsp3) is 0.158. The number of carbonyl (C=O) groups is 1. The maximum absolute atomic E-state index is 13.1. The molecule has 3 aromatic rings. The first-order valence-corrected chi connectivity index (χ1v) is 8.79. The molecule has 0 unspecified atom stereocenters. The molecule has 0 saturated carbocycles. The zero-order valence-corrected chi connectivity index (χ0v) is 16.3. The summed E-state index contributed by atoms with van der Waals surface area (Å²) in [5.41, 5.74) is 2.92. The van der Waals surface area contributed by atoms with Gasteiger partial charge in [0.25, 0.3) is 0 Å². The lowest BCUT2D eigenvalue weighted by molar-refractivity contribution is 0.105. The number of nitrogens with zero attached hydrogens (tertiary/aromatic N) is 5. The Balaban J connectivity index is 2.08. The lowest BCUT2D eigenvalue weighted by Gasteiger charge is -2.12. The van der Waals surface area contributed by atoms with Gasteiger partial charge in [0.2, 0.25) is 0 Å². The van der Waals surface area contributed by atoms with Crippen LogP contribution in [0.4, 0.5) is 0 Å². The highest BCUT2D eigenvalue weighted by atomic mass is 79.9. The van der Waals surface area contributed by atoms with E-state index in [1.54, 1.807) is 27.9 Å². The number of aryl methyl sites for hydroxylation is 1. The Labute approximate surface area is 160 Å². The van der Waals surface area contributed by atoms with Crippen LogP contribution in [-0.4, -0.2) is 45.0 Å². The number of Topliss-reactive ketones (excluding diaryl/α,β-unsaturated/α-hetero) is 1. The second kappa shape index (κ2) is 7.61. The third-order valence-corrected chi connectivity index (χ3v) is 4.26. The maximum atomic E-state index is 13.1. The standard InChI is InChI=1S/C19H18BrN5O/c1-13-4-10-16(11-5-13)25-19(21-22-23-25)17(12-24(2)3)18(26)14-6-8-15(20)9-7-14/h4-12H,1-3H3. The number of allylic oxidation sites excluding steroid dienone is 1. The van der Waals surface area contributed by atoms with Crippen LogP contribution in [0.15, 0.2) is 59.2 Å². The number of rotatable bonds is 5. The van der Waals surface area contributed by atoms with E-state index in [1.165, 1.54) is 0 Å². The fourth-order valence-electron chi connectivity index (χ4n) is 2.45. The molecule has 0 spiro atoms. The summed E-state index contributed by atoms with van der Waals surface area (Å²) in [4.78, 5) is 14.9. The van der Waals surface area contributed by atoms with E-state index in [4.69, 9.17) is 0 Å². The van der Waals surface area contributed by atoms with Gasteiger partial charge in [0.1, 0.15) is 0 Å². The first-order valence-electron chi connectivity index (χ1n) is 8.00. The lowest BCUT2D eigenvalue weighted by Crippen LogP contribution is -2.13. The van der Waals surface area contributed by atoms with E-state index in [0.717, 1.165) is 15.7 Å². The van der Waals surface area contributed by atoms with Crippen molar-refractivity contribution in [2.75, 3.05) is 14.1 Å². The Bertz CT molecular complexity index is 943. The molecular formula is C19H18BrN5O. The van der Waals surface area contributed by atoms with Crippen LogP contribution >= 0.6 is 15.9 Å². The average molecular weight is 412 g/mol. The molecule has 0 atom stereocenters. The minimum atomic E-state index is -0.144. The van der Waals surface area contributed by atoms with Crippen molar-refractivity contribution in [3.63, 3.8) is 0 Å². The van der Waals surface area contributed by atoms with Crippen LogP contribution in [-0.2, 0) is 0 Å². The summed E-state index contributed by atoms with van der Waals surface area (Å²) in [5, 5.41) is 12.0. The normalized spacial score (nSPS) is 11.5. The van der Waals surface area contributed by atoms with Crippen molar-refractivity contribution in [3.8, 4) is 5.69 Å². The number of tetrazole rings is 1. The van der Waals surface area contributed by atoms with Crippen LogP contribution < -0.4 is 0 Å². The third-order valence-electron chi connectivity index (χ3n) is 3.73. The van der Waals surface area contributed by atoms with E-state index in [-0.39, 0.29) is 5.78 Å². The average Bonchev–Trinajstić information content (AvgIpc) is 3.09. The van der Waals surface area contributed by atoms with Crippen molar-refractivity contribution in [2.45, 2.75) is 6.92 Å². The van der Waals surface area contributed by atoms with Gasteiger partial charge < -0.3 is 4.90 Å². The zero-order valence-electron chi connectivity index (χ0n) is 14.7. The summed E-state index contributed by atoms with van der Waals surface area (Å²) in [6, 6.07) is 15.0. The van der Waals surface area contributed by atoms with Gasteiger partial charge in [-0.2, -0.15) is 4.68 Å². The summed E-state index contributed by atoms with van der Waals surface area (Å²) in [6.45, 7) is 2.01. The van der Waals surface area contributed by atoms with Crippen molar-refractivity contribution < 1.29 is 4.79 Å². The molecule has 0 radical (unpaired) electrons. The van der Waals surface area contributed by atoms with Gasteiger partial charge in [-0.1, -0.05) is 33.6 Å². The minimum Gasteiger partial charge on any atom is -0.383 e. The summed E-state index contributed by atoms with van der Waals surface area (Å²) in [6.07, 6.45) is 1.74. The van der Waals surface area contributed by atoms with Gasteiger partial charge in [0, 0.05) is 30.3 Å². The van der Waals surface area contributed by atoms with Crippen LogP contribution in [0.5, 0.6) is 0 Å². The highest BCUT2D eigenvalue weighted by Crippen LogP contribution is 2.22. The maximum Gasteiger partial charge on any atom is 0.198 e. The predicted octanol–water partition coefficient (Wildman–Crippen LogP) is 3.52. The highest BCUT2D eigenvalue weighted by Gasteiger charge is 2.22. The Morgan fingerprint density at radius 1 is 1.08 bits per heavy atom. The minimum absolute atomic E-state index is 0.144. The van der Waals surface area contributed by atoms with Gasteiger partial charge in [-0.15, -0.1) is 5.10 Å². The topological polar surface area (TPSA) is 63.9 Å². The Morgan fingerprint density at radius 3 is 2.35 bits per heavy atom. The first-order chi connectivity index (χ1) is 12.5. The molecule has 3 rings (SSSR count). The molecule has 0 fully saturated rings. The van der Waals surface area contributed by atoms with Gasteiger partial charge in [0.05, 0.1) is 11.3 Å². The van der Waals surface area contributed by atoms with Gasteiger partial charge in [-0.3, -0.25) is 4.79 Å². The second-order valence-electron chi connectivity index (χ2n) is 6.09. The van der Waals surface area contributed by atoms with Gasteiger partial charge >= 0.3 is 0 Å². The van der Waals surface area contributed by atoms with Crippen molar-refractivity contribution in [1.29, 1.82) is 0 Å². The van der Waals surface area contributed by atoms with Crippen LogP contribution in [0.2, 0.25) is 0 Å². The molecule has 0 aliphatic carbocycles. The molecule has 6 nitrogen and oxygen atoms in total. The molecule has 0 aliphatic heterocycles. The van der Waals surface area contributed by atoms with Gasteiger partial charge in [-0.25, -0.2) is 0 Å². The van der Waals surface area contributed by atoms with Crippen molar-refractivity contribution in [1.82, 2.24) is 25.1 Å². The van der Waals surface area contributed by atoms with E-state index in [2.05, 4.69) is 31.5 Å². The summed E-state index contributed by atoms with van der Waals surface area (Å²) < 4.78 is 2.49. The van der Waals surface area contributed by atoms with E-state index in [1.807, 2.05) is 57.4 Å². The Kier molecular flexibility index (Phi) is 5.27. The molecule has 1 aromatic heterocycles. The highest BCUT2D eigenvalue weighted by molar-refractivity contribution is 9.10. The van der Waals surface area contributed by atoms with Crippen molar-refractivity contribution in [3.05, 3.63) is 76.2 Å². The van der Waals surface area contributed by atoms with E-state index < -0.39 is 0 Å². The fourth-order valence-corrected chi connectivity index (χ4v) is 2.71. The predicted molar refractivity (Wildman–Crippen MR) is 104 cm³/mol. The molecule has 7 heteroatoms. The number of hydrogen-bond acceptors (Lipinski definition) is 5. The molecule has 0 bridgehead atoms. The number of benzene rings is 2. The largest absolute Gasteiger partial charge is 0.383 e. The second-order valence-corrected chi connectivity index (χ2v) is 7.01. The van der Waals surface area contributed by atoms with E-state index in [0.29, 0.717) is 17.0 Å². The summed E-state index contributed by atoms with van der Waals surface area (Å²) >= 11 is 3.39. The number of halogens is 1. The third kappa shape index (κ3) is 3.88. The van der Waals surface area contributed by atoms with Gasteiger partial charge in [-0.05, 0) is 53.7 Å². The monoisotopic (exact) mass is 411 g/mol.